The number of rotatable bonds is 12. The van der Waals surface area contributed by atoms with E-state index in [2.05, 4.69) is 38.1 Å². The van der Waals surface area contributed by atoms with E-state index in [4.69, 9.17) is 14.2 Å². The third kappa shape index (κ3) is 9.50. The molecule has 4 heterocycles. The minimum Gasteiger partial charge on any atom is -0.445 e. The molecule has 3 saturated heterocycles. The summed E-state index contributed by atoms with van der Waals surface area (Å²) >= 11 is 0. The second-order valence-corrected chi connectivity index (χ2v) is 15.3. The van der Waals surface area contributed by atoms with Gasteiger partial charge >= 0.3 is 6.09 Å². The summed E-state index contributed by atoms with van der Waals surface area (Å²) in [6.07, 6.45) is 1.62. The van der Waals surface area contributed by atoms with Crippen molar-refractivity contribution in [3.8, 4) is 11.1 Å². The highest BCUT2D eigenvalue weighted by Crippen LogP contribution is 2.42. The van der Waals surface area contributed by atoms with Crippen molar-refractivity contribution in [3.63, 3.8) is 0 Å². The molecule has 5 atom stereocenters. The molecule has 0 spiro atoms. The van der Waals surface area contributed by atoms with Gasteiger partial charge < -0.3 is 29.5 Å². The largest absolute Gasteiger partial charge is 0.445 e. The molecule has 0 aliphatic carbocycles. The first kappa shape index (κ1) is 39.8. The Morgan fingerprint density at radius 1 is 0.797 bits per heavy atom. The van der Waals surface area contributed by atoms with Crippen LogP contribution in [0.5, 0.6) is 0 Å². The number of carbonyl (C=O) groups is 3. The standard InChI is InChI=1S/C46H48N6O7/c1-31-40(28-50-20-22-51(23-21-50)45-47-18-7-19-48-45)58-44(59-42(31)35-16-14-32(29-53)15-17-35)38-13-6-12-37(25-38)36-11-5-10-34(24-36)27-52-41(54)26-39(43(52)55)49-46(56)57-30-33-8-3-2-4-9-33/h2-19,24-25,31,39-40,42,44,53H,20-23,26-30H2,1H3,(H,49,56)/t31-,39?,40+,42+,44+/m0/s1. The van der Waals surface area contributed by atoms with Crippen LogP contribution < -0.4 is 10.2 Å². The predicted molar refractivity (Wildman–Crippen MR) is 219 cm³/mol. The van der Waals surface area contributed by atoms with Crippen LogP contribution in [0.15, 0.2) is 122 Å². The highest BCUT2D eigenvalue weighted by atomic mass is 16.7. The highest BCUT2D eigenvalue weighted by molar-refractivity contribution is 6.06. The van der Waals surface area contributed by atoms with Crippen LogP contribution >= 0.6 is 0 Å². The number of benzene rings is 4. The fourth-order valence-corrected chi connectivity index (χ4v) is 7.93. The number of aliphatic hydroxyl groups excluding tert-OH is 1. The molecule has 0 saturated carbocycles. The zero-order valence-electron chi connectivity index (χ0n) is 32.9. The number of hydrogen-bond donors (Lipinski definition) is 2. The molecular formula is C46H48N6O7. The summed E-state index contributed by atoms with van der Waals surface area (Å²) in [5.74, 6) is -0.0502. The molecule has 8 rings (SSSR count). The molecule has 0 radical (unpaired) electrons. The molecule has 3 amide bonds. The monoisotopic (exact) mass is 796 g/mol. The molecule has 304 valence electrons. The number of aromatic nitrogens is 2. The number of nitrogens with one attached hydrogen (secondary N) is 1. The van der Waals surface area contributed by atoms with Crippen molar-refractivity contribution in [1.82, 2.24) is 25.1 Å². The Morgan fingerprint density at radius 2 is 1.51 bits per heavy atom. The van der Waals surface area contributed by atoms with Gasteiger partial charge in [0.1, 0.15) is 12.6 Å². The highest BCUT2D eigenvalue weighted by Gasteiger charge is 2.41. The van der Waals surface area contributed by atoms with Gasteiger partial charge in [0.15, 0.2) is 6.29 Å². The molecule has 3 aliphatic heterocycles. The van der Waals surface area contributed by atoms with Crippen molar-refractivity contribution in [2.45, 2.75) is 57.6 Å². The Balaban J connectivity index is 0.951. The summed E-state index contributed by atoms with van der Waals surface area (Å²) in [4.78, 5) is 53.5. The lowest BCUT2D eigenvalue weighted by Gasteiger charge is -2.44. The van der Waals surface area contributed by atoms with Gasteiger partial charge in [-0.1, -0.05) is 97.9 Å². The summed E-state index contributed by atoms with van der Waals surface area (Å²) in [5, 5.41) is 12.3. The number of aliphatic hydroxyl groups is 1. The maximum atomic E-state index is 13.3. The van der Waals surface area contributed by atoms with Crippen LogP contribution in [0.4, 0.5) is 10.7 Å². The number of piperazine rings is 1. The average molecular weight is 797 g/mol. The van der Waals surface area contributed by atoms with Crippen molar-refractivity contribution >= 4 is 23.9 Å². The smallest absolute Gasteiger partial charge is 0.408 e. The zero-order valence-corrected chi connectivity index (χ0v) is 32.9. The average Bonchev–Trinajstić information content (AvgIpc) is 3.54. The quantitative estimate of drug-likeness (QED) is 0.148. The topological polar surface area (TPSA) is 147 Å². The molecule has 4 aromatic carbocycles. The summed E-state index contributed by atoms with van der Waals surface area (Å²) in [5.41, 5.74) is 6.14. The number of hydrogen-bond acceptors (Lipinski definition) is 11. The number of carbonyl (C=O) groups excluding carboxylic acids is 3. The van der Waals surface area contributed by atoms with E-state index in [0.29, 0.717) is 0 Å². The van der Waals surface area contributed by atoms with Crippen LogP contribution in [0.3, 0.4) is 0 Å². The summed E-state index contributed by atoms with van der Waals surface area (Å²) in [7, 11) is 0. The molecule has 5 aromatic rings. The van der Waals surface area contributed by atoms with Crippen LogP contribution in [0.25, 0.3) is 11.1 Å². The number of likely N-dealkylation sites (tertiary alicyclic amines) is 1. The fraction of sp³-hybridized carbons (Fsp3) is 0.326. The molecule has 0 bridgehead atoms. The van der Waals surface area contributed by atoms with E-state index >= 15 is 0 Å². The second kappa shape index (κ2) is 18.3. The first-order chi connectivity index (χ1) is 28.8. The van der Waals surface area contributed by atoms with E-state index in [1.54, 1.807) is 12.4 Å². The van der Waals surface area contributed by atoms with E-state index in [1.165, 1.54) is 4.90 Å². The van der Waals surface area contributed by atoms with E-state index in [1.807, 2.05) is 103 Å². The van der Waals surface area contributed by atoms with Gasteiger partial charge in [-0.25, -0.2) is 14.8 Å². The molecule has 13 heteroatoms. The maximum absolute atomic E-state index is 13.3. The van der Waals surface area contributed by atoms with Crippen LogP contribution in [-0.4, -0.2) is 87.7 Å². The maximum Gasteiger partial charge on any atom is 0.408 e. The van der Waals surface area contributed by atoms with Gasteiger partial charge in [-0.2, -0.15) is 0 Å². The normalized spacial score (nSPS) is 22.4. The number of alkyl carbamates (subject to hydrolysis) is 1. The lowest BCUT2D eigenvalue weighted by Crippen LogP contribution is -2.51. The number of amides is 3. The van der Waals surface area contributed by atoms with Crippen LogP contribution in [0.2, 0.25) is 0 Å². The SMILES string of the molecule is C[C@H]1[C@@H](CN2CCN(c3ncccn3)CC2)O[C@@H](c2cccc(-c3cccc(CN4C(=O)CC(NC(=O)OCc5ccccc5)C4=O)c3)c2)O[C@H]1c1ccc(CO)cc1. The Hall–Kier alpha value is -5.99. The van der Waals surface area contributed by atoms with Crippen molar-refractivity contribution in [2.75, 3.05) is 37.6 Å². The van der Waals surface area contributed by atoms with Gasteiger partial charge in [0.25, 0.3) is 5.91 Å². The van der Waals surface area contributed by atoms with Gasteiger partial charge in [-0.3, -0.25) is 19.4 Å². The van der Waals surface area contributed by atoms with Gasteiger partial charge in [-0.15, -0.1) is 0 Å². The van der Waals surface area contributed by atoms with E-state index in [0.717, 1.165) is 77.6 Å². The van der Waals surface area contributed by atoms with E-state index < -0.39 is 24.3 Å². The molecule has 3 fully saturated rings. The van der Waals surface area contributed by atoms with E-state index in [-0.39, 0.29) is 50.2 Å². The van der Waals surface area contributed by atoms with E-state index in [9.17, 15) is 19.5 Å². The zero-order chi connectivity index (χ0) is 40.7. The Bertz CT molecular complexity index is 2220. The van der Waals surface area contributed by atoms with Gasteiger partial charge in [0.05, 0.1) is 31.8 Å². The number of ether oxygens (including phenoxy) is 3. The van der Waals surface area contributed by atoms with Crippen LogP contribution in [0.1, 0.15) is 53.6 Å². The summed E-state index contributed by atoms with van der Waals surface area (Å²) < 4.78 is 18.9. The van der Waals surface area contributed by atoms with Crippen molar-refractivity contribution in [2.24, 2.45) is 5.92 Å². The summed E-state index contributed by atoms with van der Waals surface area (Å²) in [6, 6.07) is 33.8. The van der Waals surface area contributed by atoms with Crippen LogP contribution in [0, 0.1) is 5.92 Å². The summed E-state index contributed by atoms with van der Waals surface area (Å²) in [6.45, 7) is 6.35. The minimum absolute atomic E-state index is 0.0297. The third-order valence-corrected chi connectivity index (χ3v) is 11.3. The molecule has 13 nitrogen and oxygen atoms in total. The molecule has 1 aromatic heterocycles. The third-order valence-electron chi connectivity index (χ3n) is 11.3. The van der Waals surface area contributed by atoms with Gasteiger partial charge in [0.2, 0.25) is 11.9 Å². The molecule has 3 aliphatic rings. The van der Waals surface area contributed by atoms with Crippen molar-refractivity contribution in [3.05, 3.63) is 149 Å². The second-order valence-electron chi connectivity index (χ2n) is 15.3. The Kier molecular flexibility index (Phi) is 12.3. The fourth-order valence-electron chi connectivity index (χ4n) is 7.93. The van der Waals surface area contributed by atoms with Crippen LogP contribution in [-0.2, 0) is 43.6 Å². The lowest BCUT2D eigenvalue weighted by molar-refractivity contribution is -0.276. The first-order valence-corrected chi connectivity index (χ1v) is 20.1. The molecule has 59 heavy (non-hydrogen) atoms. The van der Waals surface area contributed by atoms with Crippen molar-refractivity contribution < 1.29 is 33.7 Å². The van der Waals surface area contributed by atoms with Gasteiger partial charge in [0, 0.05) is 56.6 Å². The lowest BCUT2D eigenvalue weighted by atomic mass is 9.89. The Morgan fingerprint density at radius 3 is 2.25 bits per heavy atom. The minimum atomic E-state index is -0.988. The predicted octanol–water partition coefficient (Wildman–Crippen LogP) is 5.80. The molecule has 2 N–H and O–H groups in total. The van der Waals surface area contributed by atoms with Gasteiger partial charge in [-0.05, 0) is 51.6 Å². The first-order valence-electron chi connectivity index (χ1n) is 20.1. The molecule has 1 unspecified atom stereocenters. The Labute approximate surface area is 343 Å². The number of imide groups is 1. The van der Waals surface area contributed by atoms with Crippen molar-refractivity contribution in [1.29, 1.82) is 0 Å². The number of nitrogens with zero attached hydrogens (tertiary/aromatic N) is 5. The number of anilines is 1. The molecular weight excluding hydrogens is 749 g/mol.